The molecule has 0 radical (unpaired) electrons. The van der Waals surface area contributed by atoms with Gasteiger partial charge in [0.25, 0.3) is 5.91 Å². The molecule has 24 heavy (non-hydrogen) atoms. The molecule has 1 aromatic heterocycles. The second-order valence-electron chi connectivity index (χ2n) is 5.87. The van der Waals surface area contributed by atoms with E-state index in [0.717, 1.165) is 30.4 Å². The number of carbonyl (C=O) groups is 2. The van der Waals surface area contributed by atoms with Crippen LogP contribution in [0.3, 0.4) is 0 Å². The summed E-state index contributed by atoms with van der Waals surface area (Å²) in [6.07, 6.45) is 4.20. The molecule has 1 N–H and O–H groups in total. The summed E-state index contributed by atoms with van der Waals surface area (Å²) in [7, 11) is 0. The molecule has 6 heteroatoms. The number of hydrogen-bond acceptors (Lipinski definition) is 4. The zero-order chi connectivity index (χ0) is 17.1. The van der Waals surface area contributed by atoms with E-state index in [9.17, 15) is 9.59 Å². The van der Waals surface area contributed by atoms with E-state index in [2.05, 4.69) is 5.32 Å². The Bertz CT molecular complexity index is 785. The van der Waals surface area contributed by atoms with Crippen LogP contribution in [0.4, 0.5) is 5.69 Å². The van der Waals surface area contributed by atoms with Crippen LogP contribution in [-0.2, 0) is 22.4 Å². The summed E-state index contributed by atoms with van der Waals surface area (Å²) in [5.74, 6) is -0.835. The zero-order valence-corrected chi connectivity index (χ0v) is 14.9. The minimum Gasteiger partial charge on any atom is -0.452 e. The predicted octanol–water partition coefficient (Wildman–Crippen LogP) is 4.38. The van der Waals surface area contributed by atoms with Gasteiger partial charge in [-0.1, -0.05) is 17.7 Å². The second-order valence-corrected chi connectivity index (χ2v) is 7.24. The van der Waals surface area contributed by atoms with Gasteiger partial charge in [-0.2, -0.15) is 0 Å². The number of esters is 1. The Morgan fingerprint density at radius 2 is 2.08 bits per heavy atom. The number of carbonyl (C=O) groups excluding carboxylic acids is 2. The predicted molar refractivity (Wildman–Crippen MR) is 96.1 cm³/mol. The van der Waals surface area contributed by atoms with Gasteiger partial charge in [0, 0.05) is 10.3 Å². The number of halogens is 1. The van der Waals surface area contributed by atoms with Gasteiger partial charge in [0.2, 0.25) is 0 Å². The van der Waals surface area contributed by atoms with E-state index < -0.39 is 11.9 Å². The van der Waals surface area contributed by atoms with Gasteiger partial charge in [0.1, 0.15) is 0 Å². The van der Waals surface area contributed by atoms with Gasteiger partial charge in [0.15, 0.2) is 6.61 Å². The lowest BCUT2D eigenvalue weighted by Gasteiger charge is -2.12. The Morgan fingerprint density at radius 3 is 2.88 bits per heavy atom. The van der Waals surface area contributed by atoms with Crippen molar-refractivity contribution in [1.29, 1.82) is 0 Å². The minimum absolute atomic E-state index is 0.326. The van der Waals surface area contributed by atoms with Crippen molar-refractivity contribution in [2.45, 2.75) is 32.6 Å². The fourth-order valence-electron chi connectivity index (χ4n) is 2.78. The molecular formula is C18H18ClNO3S. The van der Waals surface area contributed by atoms with Crippen molar-refractivity contribution in [2.24, 2.45) is 0 Å². The van der Waals surface area contributed by atoms with Gasteiger partial charge in [-0.15, -0.1) is 11.3 Å². The first-order valence-electron chi connectivity index (χ1n) is 7.87. The summed E-state index contributed by atoms with van der Waals surface area (Å²) in [6.45, 7) is 1.59. The molecule has 1 heterocycles. The summed E-state index contributed by atoms with van der Waals surface area (Å²) in [4.78, 5) is 25.5. The normalized spacial score (nSPS) is 13.2. The molecule has 3 rings (SSSR count). The maximum Gasteiger partial charge on any atom is 0.339 e. The lowest BCUT2D eigenvalue weighted by atomic mass is 9.96. The fourth-order valence-corrected chi connectivity index (χ4v) is 4.18. The first-order valence-corrected chi connectivity index (χ1v) is 9.12. The van der Waals surface area contributed by atoms with Gasteiger partial charge in [-0.25, -0.2) is 4.79 Å². The Kier molecular flexibility index (Phi) is 5.21. The van der Waals surface area contributed by atoms with Crippen molar-refractivity contribution < 1.29 is 14.3 Å². The van der Waals surface area contributed by atoms with E-state index in [-0.39, 0.29) is 6.61 Å². The van der Waals surface area contributed by atoms with Crippen LogP contribution in [0, 0.1) is 6.92 Å². The monoisotopic (exact) mass is 363 g/mol. The molecule has 0 saturated heterocycles. The van der Waals surface area contributed by atoms with Gasteiger partial charge < -0.3 is 10.1 Å². The third kappa shape index (κ3) is 3.79. The zero-order valence-electron chi connectivity index (χ0n) is 13.4. The number of nitrogens with one attached hydrogen (secondary N) is 1. The fraction of sp³-hybridized carbons (Fsp3) is 0.333. The molecule has 0 saturated carbocycles. The lowest BCUT2D eigenvalue weighted by Crippen LogP contribution is -2.21. The van der Waals surface area contributed by atoms with E-state index >= 15 is 0 Å². The van der Waals surface area contributed by atoms with Crippen LogP contribution in [0.15, 0.2) is 23.6 Å². The summed E-state index contributed by atoms with van der Waals surface area (Å²) < 4.78 is 5.16. The van der Waals surface area contributed by atoms with Crippen LogP contribution in [0.5, 0.6) is 0 Å². The van der Waals surface area contributed by atoms with Crippen LogP contribution in [0.1, 0.15) is 39.2 Å². The smallest absolute Gasteiger partial charge is 0.339 e. The molecule has 0 aliphatic heterocycles. The molecule has 0 unspecified atom stereocenters. The number of rotatable bonds is 4. The minimum atomic E-state index is -0.431. The average Bonchev–Trinajstić information content (AvgIpc) is 2.99. The highest BCUT2D eigenvalue weighted by molar-refractivity contribution is 7.10. The van der Waals surface area contributed by atoms with Crippen LogP contribution in [0.2, 0.25) is 5.02 Å². The molecule has 2 aromatic rings. The van der Waals surface area contributed by atoms with E-state index in [1.165, 1.54) is 11.3 Å². The topological polar surface area (TPSA) is 55.4 Å². The third-order valence-corrected chi connectivity index (χ3v) is 5.42. The van der Waals surface area contributed by atoms with Crippen molar-refractivity contribution in [3.8, 4) is 0 Å². The van der Waals surface area contributed by atoms with Gasteiger partial charge in [-0.05, 0) is 55.9 Å². The number of amides is 1. The Labute approximate surface area is 149 Å². The van der Waals surface area contributed by atoms with Gasteiger partial charge in [-0.3, -0.25) is 4.79 Å². The Balaban J connectivity index is 1.58. The number of ether oxygens (including phenoxy) is 1. The van der Waals surface area contributed by atoms with Gasteiger partial charge >= 0.3 is 5.97 Å². The summed E-state index contributed by atoms with van der Waals surface area (Å²) >= 11 is 7.68. The van der Waals surface area contributed by atoms with E-state index in [4.69, 9.17) is 16.3 Å². The molecule has 1 aromatic carbocycles. The van der Waals surface area contributed by atoms with Crippen molar-refractivity contribution in [1.82, 2.24) is 0 Å². The van der Waals surface area contributed by atoms with Crippen molar-refractivity contribution >= 4 is 40.5 Å². The number of anilines is 1. The first kappa shape index (κ1) is 17.0. The molecule has 4 nitrogen and oxygen atoms in total. The largest absolute Gasteiger partial charge is 0.452 e. The van der Waals surface area contributed by atoms with Crippen molar-refractivity contribution in [3.05, 3.63) is 50.2 Å². The molecule has 0 spiro atoms. The highest BCUT2D eigenvalue weighted by atomic mass is 35.5. The average molecular weight is 364 g/mol. The highest BCUT2D eigenvalue weighted by Crippen LogP contribution is 2.30. The van der Waals surface area contributed by atoms with Crippen LogP contribution >= 0.6 is 22.9 Å². The van der Waals surface area contributed by atoms with E-state index in [0.29, 0.717) is 16.3 Å². The van der Waals surface area contributed by atoms with Crippen LogP contribution < -0.4 is 5.32 Å². The van der Waals surface area contributed by atoms with Crippen LogP contribution in [-0.4, -0.2) is 18.5 Å². The lowest BCUT2D eigenvalue weighted by molar-refractivity contribution is -0.119. The SMILES string of the molecule is Cc1ccc(NC(=O)COC(=O)c2csc3c2CCCC3)c(Cl)c1. The molecule has 0 bridgehead atoms. The number of hydrogen-bond donors (Lipinski definition) is 1. The van der Waals surface area contributed by atoms with Crippen molar-refractivity contribution in [3.63, 3.8) is 0 Å². The summed E-state index contributed by atoms with van der Waals surface area (Å²) in [6, 6.07) is 5.35. The first-order chi connectivity index (χ1) is 11.5. The molecule has 0 fully saturated rings. The Morgan fingerprint density at radius 1 is 1.29 bits per heavy atom. The summed E-state index contributed by atoms with van der Waals surface area (Å²) in [5, 5.41) is 4.96. The van der Waals surface area contributed by atoms with E-state index in [1.807, 2.05) is 18.4 Å². The molecule has 126 valence electrons. The maximum absolute atomic E-state index is 12.2. The Hall–Kier alpha value is -1.85. The molecule has 1 amide bonds. The van der Waals surface area contributed by atoms with E-state index in [1.54, 1.807) is 23.5 Å². The standard InChI is InChI=1S/C18H18ClNO3S/c1-11-6-7-15(14(19)8-11)20-17(21)9-23-18(22)13-10-24-16-5-3-2-4-12(13)16/h6-8,10H,2-5,9H2,1H3,(H,20,21). The summed E-state index contributed by atoms with van der Waals surface area (Å²) in [5.41, 5.74) is 3.22. The molecular weight excluding hydrogens is 346 g/mol. The third-order valence-electron chi connectivity index (χ3n) is 4.01. The molecule has 1 aliphatic carbocycles. The quantitative estimate of drug-likeness (QED) is 0.820. The second kappa shape index (κ2) is 7.36. The molecule has 1 aliphatic rings. The maximum atomic E-state index is 12.2. The van der Waals surface area contributed by atoms with Crippen molar-refractivity contribution in [2.75, 3.05) is 11.9 Å². The molecule has 0 atom stereocenters. The number of benzene rings is 1. The highest BCUT2D eigenvalue weighted by Gasteiger charge is 2.21. The number of aryl methyl sites for hydroxylation is 2. The number of fused-ring (bicyclic) bond motifs is 1. The van der Waals surface area contributed by atoms with Crippen LogP contribution in [0.25, 0.3) is 0 Å². The number of thiophene rings is 1. The van der Waals surface area contributed by atoms with Gasteiger partial charge in [0.05, 0.1) is 16.3 Å².